The summed E-state index contributed by atoms with van der Waals surface area (Å²) in [6, 6.07) is -0.684. The molecule has 0 aromatic carbocycles. The van der Waals surface area contributed by atoms with Crippen molar-refractivity contribution in [2.45, 2.75) is 19.9 Å². The third-order valence-electron chi connectivity index (χ3n) is 3.14. The maximum absolute atomic E-state index is 11.6. The molecule has 1 aliphatic rings. The molecule has 7 heteroatoms. The van der Waals surface area contributed by atoms with E-state index >= 15 is 0 Å². The highest BCUT2D eigenvalue weighted by Crippen LogP contribution is 2.04. The zero-order valence-corrected chi connectivity index (χ0v) is 12.4. The highest BCUT2D eigenvalue weighted by molar-refractivity contribution is 5.81. The molecule has 1 fully saturated rings. The lowest BCUT2D eigenvalue weighted by Gasteiger charge is -2.26. The molecule has 116 valence electrons. The third kappa shape index (κ3) is 5.75. The Morgan fingerprint density at radius 3 is 2.50 bits per heavy atom. The summed E-state index contributed by atoms with van der Waals surface area (Å²) in [5.41, 5.74) is 0. The second kappa shape index (κ2) is 8.76. The number of rotatable bonds is 6. The standard InChI is InChI=1S/C13H24N2O5/c1-10(2)11(12(16)18-3)14-13(17)20-9-6-15-4-7-19-8-5-15/h10-11H,4-9H2,1-3H3,(H,14,17)/t11-/m0/s1. The third-order valence-corrected chi connectivity index (χ3v) is 3.14. The molecular weight excluding hydrogens is 264 g/mol. The number of methoxy groups -OCH3 is 1. The Bertz CT molecular complexity index is 316. The Hall–Kier alpha value is -1.34. The van der Waals surface area contributed by atoms with Gasteiger partial charge in [-0.2, -0.15) is 0 Å². The van der Waals surface area contributed by atoms with Gasteiger partial charge in [0.15, 0.2) is 0 Å². The maximum Gasteiger partial charge on any atom is 0.407 e. The van der Waals surface area contributed by atoms with Crippen molar-refractivity contribution in [1.82, 2.24) is 10.2 Å². The molecule has 1 rings (SSSR count). The summed E-state index contributed by atoms with van der Waals surface area (Å²) >= 11 is 0. The van der Waals surface area contributed by atoms with Crippen LogP contribution in [0.5, 0.6) is 0 Å². The number of hydrogen-bond acceptors (Lipinski definition) is 6. The van der Waals surface area contributed by atoms with Crippen LogP contribution in [-0.2, 0) is 19.0 Å². The molecule has 0 aliphatic carbocycles. The van der Waals surface area contributed by atoms with Crippen LogP contribution in [0.3, 0.4) is 0 Å². The van der Waals surface area contributed by atoms with Crippen LogP contribution >= 0.6 is 0 Å². The van der Waals surface area contributed by atoms with Gasteiger partial charge in [0.25, 0.3) is 0 Å². The van der Waals surface area contributed by atoms with Crippen molar-refractivity contribution in [3.8, 4) is 0 Å². The van der Waals surface area contributed by atoms with E-state index in [1.807, 2.05) is 13.8 Å². The van der Waals surface area contributed by atoms with Gasteiger partial charge in [-0.05, 0) is 5.92 Å². The predicted molar refractivity (Wildman–Crippen MR) is 72.4 cm³/mol. The van der Waals surface area contributed by atoms with Crippen LogP contribution in [0.2, 0.25) is 0 Å². The number of nitrogens with zero attached hydrogens (tertiary/aromatic N) is 1. The first-order valence-electron chi connectivity index (χ1n) is 6.85. The molecule has 0 aromatic heterocycles. The minimum absolute atomic E-state index is 0.0609. The van der Waals surface area contributed by atoms with Crippen molar-refractivity contribution in [1.29, 1.82) is 0 Å². The van der Waals surface area contributed by atoms with Crippen molar-refractivity contribution >= 4 is 12.1 Å². The Kier molecular flexibility index (Phi) is 7.32. The van der Waals surface area contributed by atoms with Crippen molar-refractivity contribution in [3.63, 3.8) is 0 Å². The molecule has 0 aromatic rings. The zero-order chi connectivity index (χ0) is 15.0. The fraction of sp³-hybridized carbons (Fsp3) is 0.846. The summed E-state index contributed by atoms with van der Waals surface area (Å²) in [6.45, 7) is 7.74. The molecule has 1 amide bonds. The number of amides is 1. The van der Waals surface area contributed by atoms with Gasteiger partial charge in [-0.15, -0.1) is 0 Å². The number of morpholine rings is 1. The lowest BCUT2D eigenvalue weighted by molar-refractivity contribution is -0.144. The quantitative estimate of drug-likeness (QED) is 0.706. The van der Waals surface area contributed by atoms with Gasteiger partial charge in [0.1, 0.15) is 12.6 Å². The van der Waals surface area contributed by atoms with E-state index in [0.29, 0.717) is 19.8 Å². The van der Waals surface area contributed by atoms with E-state index in [-0.39, 0.29) is 12.5 Å². The van der Waals surface area contributed by atoms with Crippen LogP contribution in [0.15, 0.2) is 0 Å². The summed E-state index contributed by atoms with van der Waals surface area (Å²) in [5.74, 6) is -0.528. The number of nitrogens with one attached hydrogen (secondary N) is 1. The van der Waals surface area contributed by atoms with Crippen molar-refractivity contribution < 1.29 is 23.8 Å². The van der Waals surface area contributed by atoms with Crippen LogP contribution in [0.4, 0.5) is 4.79 Å². The van der Waals surface area contributed by atoms with Gasteiger partial charge in [-0.25, -0.2) is 9.59 Å². The monoisotopic (exact) mass is 288 g/mol. The molecule has 1 atom stereocenters. The van der Waals surface area contributed by atoms with Crippen molar-refractivity contribution in [3.05, 3.63) is 0 Å². The van der Waals surface area contributed by atoms with Gasteiger partial charge in [-0.1, -0.05) is 13.8 Å². The largest absolute Gasteiger partial charge is 0.467 e. The van der Waals surface area contributed by atoms with Crippen LogP contribution in [0, 0.1) is 5.92 Å². The molecular formula is C13H24N2O5. The minimum Gasteiger partial charge on any atom is -0.467 e. The molecule has 0 unspecified atom stereocenters. The fourth-order valence-corrected chi connectivity index (χ4v) is 1.89. The SMILES string of the molecule is COC(=O)[C@@H](NC(=O)OCCN1CCOCC1)C(C)C. The van der Waals surface area contributed by atoms with Crippen LogP contribution in [-0.4, -0.2) is 69.6 Å². The number of carbonyl (C=O) groups excluding carboxylic acids is 2. The van der Waals surface area contributed by atoms with E-state index in [1.54, 1.807) is 0 Å². The summed E-state index contributed by atoms with van der Waals surface area (Å²) in [4.78, 5) is 25.3. The summed E-state index contributed by atoms with van der Waals surface area (Å²) in [5, 5.41) is 2.53. The molecule has 0 saturated carbocycles. The number of alkyl carbamates (subject to hydrolysis) is 1. The van der Waals surface area contributed by atoms with E-state index in [1.165, 1.54) is 7.11 Å². The molecule has 0 bridgehead atoms. The van der Waals surface area contributed by atoms with Crippen LogP contribution in [0.25, 0.3) is 0 Å². The first-order valence-corrected chi connectivity index (χ1v) is 6.85. The topological polar surface area (TPSA) is 77.1 Å². The van der Waals surface area contributed by atoms with Crippen LogP contribution < -0.4 is 5.32 Å². The summed E-state index contributed by atoms with van der Waals surface area (Å²) < 4.78 is 15.0. The average Bonchev–Trinajstić information content (AvgIpc) is 2.45. The van der Waals surface area contributed by atoms with E-state index in [9.17, 15) is 9.59 Å². The van der Waals surface area contributed by atoms with Gasteiger partial charge in [0.05, 0.1) is 20.3 Å². The van der Waals surface area contributed by atoms with Gasteiger partial charge in [-0.3, -0.25) is 4.90 Å². The van der Waals surface area contributed by atoms with E-state index in [4.69, 9.17) is 9.47 Å². The lowest BCUT2D eigenvalue weighted by atomic mass is 10.1. The smallest absolute Gasteiger partial charge is 0.407 e. The Morgan fingerprint density at radius 1 is 1.30 bits per heavy atom. The molecule has 0 radical (unpaired) electrons. The van der Waals surface area contributed by atoms with Gasteiger partial charge in [0, 0.05) is 19.6 Å². The van der Waals surface area contributed by atoms with Crippen molar-refractivity contribution in [2.75, 3.05) is 46.6 Å². The summed E-state index contributed by atoms with van der Waals surface area (Å²) in [7, 11) is 1.29. The molecule has 1 aliphatic heterocycles. The molecule has 20 heavy (non-hydrogen) atoms. The molecule has 1 heterocycles. The highest BCUT2D eigenvalue weighted by Gasteiger charge is 2.25. The number of esters is 1. The molecule has 0 spiro atoms. The van der Waals surface area contributed by atoms with Crippen molar-refractivity contribution in [2.24, 2.45) is 5.92 Å². The van der Waals surface area contributed by atoms with Crippen LogP contribution in [0.1, 0.15) is 13.8 Å². The lowest BCUT2D eigenvalue weighted by Crippen LogP contribution is -2.46. The first kappa shape index (κ1) is 16.7. The average molecular weight is 288 g/mol. The Labute approximate surface area is 119 Å². The van der Waals surface area contributed by atoms with Gasteiger partial charge >= 0.3 is 12.1 Å². The second-order valence-electron chi connectivity index (χ2n) is 4.98. The fourth-order valence-electron chi connectivity index (χ4n) is 1.89. The highest BCUT2D eigenvalue weighted by atomic mass is 16.6. The van der Waals surface area contributed by atoms with E-state index in [0.717, 1.165) is 13.1 Å². The molecule has 7 nitrogen and oxygen atoms in total. The Morgan fingerprint density at radius 2 is 1.95 bits per heavy atom. The number of carbonyl (C=O) groups is 2. The normalized spacial score (nSPS) is 17.6. The maximum atomic E-state index is 11.6. The van der Waals surface area contributed by atoms with E-state index < -0.39 is 18.1 Å². The number of ether oxygens (including phenoxy) is 3. The number of hydrogen-bond donors (Lipinski definition) is 1. The van der Waals surface area contributed by atoms with Gasteiger partial charge < -0.3 is 19.5 Å². The minimum atomic E-state index is -0.684. The summed E-state index contributed by atoms with van der Waals surface area (Å²) in [6.07, 6.45) is -0.595. The zero-order valence-electron chi connectivity index (χ0n) is 12.4. The first-order chi connectivity index (χ1) is 9.54. The van der Waals surface area contributed by atoms with Gasteiger partial charge in [0.2, 0.25) is 0 Å². The predicted octanol–water partition coefficient (Wildman–Crippen LogP) is 0.242. The Balaban J connectivity index is 2.25. The second-order valence-corrected chi connectivity index (χ2v) is 4.98. The molecule has 1 N–H and O–H groups in total. The molecule has 1 saturated heterocycles. The van der Waals surface area contributed by atoms with E-state index in [2.05, 4.69) is 15.0 Å².